The molecular formula is C27H23N5O3S. The monoisotopic (exact) mass is 497 g/mol. The van der Waals surface area contributed by atoms with E-state index in [2.05, 4.69) is 9.97 Å². The topological polar surface area (TPSA) is 86.8 Å². The summed E-state index contributed by atoms with van der Waals surface area (Å²) in [5.74, 6) is 0.684. The van der Waals surface area contributed by atoms with Crippen LogP contribution in [0.2, 0.25) is 0 Å². The van der Waals surface area contributed by atoms with Gasteiger partial charge in [-0.05, 0) is 61.4 Å². The summed E-state index contributed by atoms with van der Waals surface area (Å²) in [4.78, 5) is 35.4. The summed E-state index contributed by atoms with van der Waals surface area (Å²) in [5, 5.41) is 1.47. The number of benzene rings is 2. The van der Waals surface area contributed by atoms with Crippen molar-refractivity contribution in [3.8, 4) is 27.6 Å². The third-order valence-corrected chi connectivity index (χ3v) is 7.80. The number of methoxy groups -OCH3 is 1. The first-order chi connectivity index (χ1) is 17.4. The Morgan fingerprint density at radius 1 is 1.06 bits per heavy atom. The van der Waals surface area contributed by atoms with Crippen LogP contribution in [0, 0.1) is 13.8 Å². The van der Waals surface area contributed by atoms with Crippen molar-refractivity contribution in [3.05, 3.63) is 93.3 Å². The van der Waals surface area contributed by atoms with E-state index < -0.39 is 5.69 Å². The van der Waals surface area contributed by atoms with Crippen molar-refractivity contribution in [1.29, 1.82) is 0 Å². The van der Waals surface area contributed by atoms with Gasteiger partial charge in [0.05, 0.1) is 35.9 Å². The molecular weight excluding hydrogens is 474 g/mol. The molecule has 9 heteroatoms. The summed E-state index contributed by atoms with van der Waals surface area (Å²) >= 11 is 1.39. The number of nitrogens with one attached hydrogen (secondary N) is 1. The van der Waals surface area contributed by atoms with Crippen molar-refractivity contribution < 1.29 is 4.74 Å². The molecule has 0 saturated carbocycles. The Morgan fingerprint density at radius 2 is 1.89 bits per heavy atom. The maximum absolute atomic E-state index is 13.6. The van der Waals surface area contributed by atoms with Crippen LogP contribution in [0.3, 0.4) is 0 Å². The Labute approximate surface area is 209 Å². The van der Waals surface area contributed by atoms with Gasteiger partial charge >= 0.3 is 5.69 Å². The molecule has 0 atom stereocenters. The van der Waals surface area contributed by atoms with Crippen molar-refractivity contribution in [2.24, 2.45) is 7.05 Å². The molecule has 0 aliphatic carbocycles. The Bertz CT molecular complexity index is 1920. The number of aromatic amines is 1. The molecule has 0 aliphatic heterocycles. The Kier molecular flexibility index (Phi) is 4.97. The third-order valence-electron chi connectivity index (χ3n) is 6.55. The summed E-state index contributed by atoms with van der Waals surface area (Å²) in [6, 6.07) is 13.5. The fourth-order valence-electron chi connectivity index (χ4n) is 4.72. The maximum atomic E-state index is 13.6. The zero-order valence-electron chi connectivity index (χ0n) is 20.2. The van der Waals surface area contributed by atoms with E-state index in [0.717, 1.165) is 38.3 Å². The van der Waals surface area contributed by atoms with E-state index in [1.54, 1.807) is 19.5 Å². The van der Waals surface area contributed by atoms with Crippen LogP contribution in [0.1, 0.15) is 11.3 Å². The molecule has 0 unspecified atom stereocenters. The van der Waals surface area contributed by atoms with Gasteiger partial charge in [0, 0.05) is 35.2 Å². The van der Waals surface area contributed by atoms with Crippen molar-refractivity contribution in [3.63, 3.8) is 0 Å². The first-order valence-electron chi connectivity index (χ1n) is 11.4. The number of thiophene rings is 1. The fourth-order valence-corrected chi connectivity index (χ4v) is 5.90. The number of aromatic nitrogens is 5. The Hall–Kier alpha value is -4.37. The highest BCUT2D eigenvalue weighted by Gasteiger charge is 2.19. The maximum Gasteiger partial charge on any atom is 0.334 e. The molecule has 0 saturated heterocycles. The quantitative estimate of drug-likeness (QED) is 0.382. The second kappa shape index (κ2) is 8.10. The van der Waals surface area contributed by atoms with Crippen LogP contribution in [0.4, 0.5) is 0 Å². The van der Waals surface area contributed by atoms with Gasteiger partial charge in [0.15, 0.2) is 0 Å². The van der Waals surface area contributed by atoms with Gasteiger partial charge < -0.3 is 13.9 Å². The van der Waals surface area contributed by atoms with Crippen LogP contribution in [0.25, 0.3) is 42.9 Å². The average Bonchev–Trinajstić information content (AvgIpc) is 3.55. The lowest BCUT2D eigenvalue weighted by Crippen LogP contribution is -2.33. The number of H-pyrrole nitrogens is 1. The van der Waals surface area contributed by atoms with Crippen molar-refractivity contribution in [2.75, 3.05) is 7.11 Å². The van der Waals surface area contributed by atoms with E-state index in [4.69, 9.17) is 4.74 Å². The number of fused-ring (bicyclic) bond motifs is 2. The zero-order valence-corrected chi connectivity index (χ0v) is 21.0. The first kappa shape index (κ1) is 22.1. The van der Waals surface area contributed by atoms with Gasteiger partial charge in [0.2, 0.25) is 0 Å². The van der Waals surface area contributed by atoms with Crippen molar-refractivity contribution in [2.45, 2.75) is 13.8 Å². The molecule has 4 heterocycles. The first-order valence-corrected chi connectivity index (χ1v) is 12.2. The van der Waals surface area contributed by atoms with Crippen LogP contribution < -0.4 is 16.0 Å². The molecule has 6 aromatic rings. The second-order valence-electron chi connectivity index (χ2n) is 8.81. The van der Waals surface area contributed by atoms with Crippen molar-refractivity contribution in [1.82, 2.24) is 23.7 Å². The van der Waals surface area contributed by atoms with Gasteiger partial charge in [0.1, 0.15) is 10.6 Å². The normalized spacial score (nSPS) is 11.6. The minimum absolute atomic E-state index is 0.332. The minimum atomic E-state index is -0.459. The molecule has 0 amide bonds. The summed E-state index contributed by atoms with van der Waals surface area (Å²) in [6.07, 6.45) is 5.63. The Balaban J connectivity index is 1.51. The molecule has 0 spiro atoms. The molecule has 6 rings (SSSR count). The van der Waals surface area contributed by atoms with Crippen LogP contribution in [-0.2, 0) is 7.05 Å². The van der Waals surface area contributed by atoms with E-state index in [1.165, 1.54) is 15.9 Å². The lowest BCUT2D eigenvalue weighted by Gasteiger charge is -2.11. The van der Waals surface area contributed by atoms with E-state index in [-0.39, 0.29) is 5.56 Å². The summed E-state index contributed by atoms with van der Waals surface area (Å²) < 4.78 is 10.8. The number of aryl methyl sites for hydroxylation is 3. The summed E-state index contributed by atoms with van der Waals surface area (Å²) in [6.45, 7) is 3.85. The highest BCUT2D eigenvalue weighted by atomic mass is 32.1. The van der Waals surface area contributed by atoms with E-state index >= 15 is 0 Å². The predicted octanol–water partition coefficient (Wildman–Crippen LogP) is 4.71. The molecule has 180 valence electrons. The van der Waals surface area contributed by atoms with Gasteiger partial charge in [-0.15, -0.1) is 11.3 Å². The SMILES string of the molecule is COc1cc(-c2sc3[nH]c(=O)n(-c4ccc5c(ccn5C)c4)c(=O)c3c2C)ccc1-n1cnc(C)c1. The molecule has 2 aromatic carbocycles. The van der Waals surface area contributed by atoms with E-state index in [1.807, 2.05) is 78.8 Å². The number of imidazole rings is 1. The van der Waals surface area contributed by atoms with Gasteiger partial charge in [0.25, 0.3) is 5.56 Å². The van der Waals surface area contributed by atoms with Crippen molar-refractivity contribution >= 4 is 32.5 Å². The molecule has 8 nitrogen and oxygen atoms in total. The summed E-state index contributed by atoms with van der Waals surface area (Å²) in [5.41, 5.74) is 4.28. The number of nitrogens with zero attached hydrogens (tertiary/aromatic N) is 4. The molecule has 36 heavy (non-hydrogen) atoms. The number of rotatable bonds is 4. The van der Waals surface area contributed by atoms with Crippen LogP contribution in [0.15, 0.2) is 70.8 Å². The standard InChI is InChI=1S/C27H23N5O3S/c1-15-13-31(14-28-15)21-7-5-18(12-22(21)35-4)24-16(2)23-25(36-24)29-27(34)32(26(23)33)19-6-8-20-17(11-19)9-10-30(20)3/h5-14H,1-4H3,(H,29,34). The third kappa shape index (κ3) is 3.31. The second-order valence-corrected chi connectivity index (χ2v) is 9.83. The van der Waals surface area contributed by atoms with Gasteiger partial charge in [-0.3, -0.25) is 9.78 Å². The van der Waals surface area contributed by atoms with Gasteiger partial charge in [-0.25, -0.2) is 14.3 Å². The number of hydrogen-bond donors (Lipinski definition) is 1. The van der Waals surface area contributed by atoms with Gasteiger partial charge in [-0.2, -0.15) is 0 Å². The van der Waals surface area contributed by atoms with Crippen LogP contribution >= 0.6 is 11.3 Å². The highest BCUT2D eigenvalue weighted by Crippen LogP contribution is 2.38. The molecule has 4 aromatic heterocycles. The lowest BCUT2D eigenvalue weighted by atomic mass is 10.1. The largest absolute Gasteiger partial charge is 0.495 e. The number of ether oxygens (including phenoxy) is 1. The van der Waals surface area contributed by atoms with E-state index in [9.17, 15) is 9.59 Å². The molecule has 0 radical (unpaired) electrons. The molecule has 0 aliphatic rings. The lowest BCUT2D eigenvalue weighted by molar-refractivity contribution is 0.413. The van der Waals surface area contributed by atoms with Crippen LogP contribution in [-0.4, -0.2) is 30.8 Å². The smallest absolute Gasteiger partial charge is 0.334 e. The molecule has 1 N–H and O–H groups in total. The van der Waals surface area contributed by atoms with Gasteiger partial charge in [-0.1, -0.05) is 6.07 Å². The minimum Gasteiger partial charge on any atom is -0.495 e. The highest BCUT2D eigenvalue weighted by molar-refractivity contribution is 7.22. The molecule has 0 bridgehead atoms. The fraction of sp³-hybridized carbons (Fsp3) is 0.148. The summed E-state index contributed by atoms with van der Waals surface area (Å²) in [7, 11) is 3.59. The molecule has 0 fully saturated rings. The predicted molar refractivity (Wildman–Crippen MR) is 143 cm³/mol. The number of hydrogen-bond acceptors (Lipinski definition) is 5. The Morgan fingerprint density at radius 3 is 2.64 bits per heavy atom. The van der Waals surface area contributed by atoms with E-state index in [0.29, 0.717) is 21.7 Å². The zero-order chi connectivity index (χ0) is 25.1. The van der Waals surface area contributed by atoms with Crippen LogP contribution in [0.5, 0.6) is 5.75 Å². The average molecular weight is 498 g/mol.